The van der Waals surface area contributed by atoms with Gasteiger partial charge in [-0.2, -0.15) is 4.39 Å². The van der Waals surface area contributed by atoms with Crippen LogP contribution in [-0.4, -0.2) is 36.5 Å². The van der Waals surface area contributed by atoms with Crippen molar-refractivity contribution in [2.45, 2.75) is 38.3 Å². The summed E-state index contributed by atoms with van der Waals surface area (Å²) in [5.41, 5.74) is 4.18. The van der Waals surface area contributed by atoms with Crippen LogP contribution in [0.25, 0.3) is 5.57 Å². The van der Waals surface area contributed by atoms with Gasteiger partial charge >= 0.3 is 0 Å². The molecule has 4 nitrogen and oxygen atoms in total. The highest BCUT2D eigenvalue weighted by molar-refractivity contribution is 9.10. The zero-order chi connectivity index (χ0) is 27.4. The van der Waals surface area contributed by atoms with Crippen molar-refractivity contribution in [3.8, 4) is 5.75 Å². The van der Waals surface area contributed by atoms with Gasteiger partial charge < -0.3 is 15.0 Å². The molecule has 8 heteroatoms. The largest absolute Gasteiger partial charge is 0.488 e. The Balaban J connectivity index is 1.22. The first-order valence-corrected chi connectivity index (χ1v) is 14.0. The molecule has 1 atom stereocenters. The number of carbonyl (C=O) groups excluding carboxylic acids is 1. The lowest BCUT2D eigenvalue weighted by molar-refractivity contribution is -0.134. The second-order valence-corrected chi connectivity index (χ2v) is 10.8. The predicted molar refractivity (Wildman–Crippen MR) is 149 cm³/mol. The summed E-state index contributed by atoms with van der Waals surface area (Å²) >= 11 is 3.62. The molecule has 0 saturated heterocycles. The van der Waals surface area contributed by atoms with Gasteiger partial charge in [0, 0.05) is 30.1 Å². The number of ether oxygens (including phenoxy) is 1. The summed E-state index contributed by atoms with van der Waals surface area (Å²) in [5, 5.41) is 3.35. The molecule has 1 N–H and O–H groups in total. The van der Waals surface area contributed by atoms with Gasteiger partial charge in [0.05, 0.1) is 12.5 Å². The Labute approximate surface area is 235 Å². The maximum absolute atomic E-state index is 13.8. The lowest BCUT2D eigenvalue weighted by atomic mass is 9.88. The molecule has 0 bridgehead atoms. The first-order chi connectivity index (χ1) is 18.9. The summed E-state index contributed by atoms with van der Waals surface area (Å²) in [6.45, 7) is 1.94. The molecular weight excluding hydrogens is 569 g/mol. The van der Waals surface area contributed by atoms with Gasteiger partial charge in [0.1, 0.15) is 0 Å². The second kappa shape index (κ2) is 12.4. The number of hydrogen-bond donors (Lipinski definition) is 1. The zero-order valence-corrected chi connectivity index (χ0v) is 23.0. The molecule has 0 spiro atoms. The molecule has 1 amide bonds. The van der Waals surface area contributed by atoms with E-state index in [1.807, 2.05) is 47.4 Å². The number of halogens is 4. The number of rotatable bonds is 10. The van der Waals surface area contributed by atoms with E-state index in [0.717, 1.165) is 51.7 Å². The fourth-order valence-electron chi connectivity index (χ4n) is 4.94. The quantitative estimate of drug-likeness (QED) is 0.209. The Hall–Kier alpha value is -3.10. The molecule has 3 aromatic carbocycles. The molecule has 2 aliphatic rings. The van der Waals surface area contributed by atoms with Gasteiger partial charge in [-0.15, -0.1) is 0 Å². The number of benzene rings is 3. The fourth-order valence-corrected chi connectivity index (χ4v) is 5.35. The third-order valence-corrected chi connectivity index (χ3v) is 7.98. The maximum Gasteiger partial charge on any atom is 0.231 e. The van der Waals surface area contributed by atoms with Crippen LogP contribution < -0.4 is 10.1 Å². The minimum absolute atomic E-state index is 0.0565. The van der Waals surface area contributed by atoms with Crippen molar-refractivity contribution in [1.29, 1.82) is 0 Å². The van der Waals surface area contributed by atoms with Crippen molar-refractivity contribution in [3.05, 3.63) is 105 Å². The van der Waals surface area contributed by atoms with Crippen molar-refractivity contribution in [2.75, 3.05) is 19.7 Å². The average molecular weight is 599 g/mol. The Morgan fingerprint density at radius 1 is 1.00 bits per heavy atom. The Morgan fingerprint density at radius 2 is 1.74 bits per heavy atom. The van der Waals surface area contributed by atoms with Crippen molar-refractivity contribution >= 4 is 27.4 Å². The van der Waals surface area contributed by atoms with Crippen LogP contribution in [0.4, 0.5) is 13.2 Å². The molecular formula is C31H30BrF3N2O2. The van der Waals surface area contributed by atoms with Crippen LogP contribution in [0.5, 0.6) is 5.75 Å². The van der Waals surface area contributed by atoms with Crippen LogP contribution in [0.2, 0.25) is 0 Å². The SMILES string of the molecule is O=C(C1CNCC=C1c1ccc(CCCOc2c(F)ccc(F)c2F)cc1)N(Cc1ccccc1Br)C1CC1. The smallest absolute Gasteiger partial charge is 0.231 e. The number of hydrogen-bond acceptors (Lipinski definition) is 3. The van der Waals surface area contributed by atoms with Gasteiger partial charge in [-0.05, 0) is 66.1 Å². The fraction of sp³-hybridized carbons (Fsp3) is 0.323. The molecule has 1 saturated carbocycles. The molecule has 1 heterocycles. The summed E-state index contributed by atoms with van der Waals surface area (Å²) in [4.78, 5) is 15.9. The number of amides is 1. The molecule has 39 heavy (non-hydrogen) atoms. The summed E-state index contributed by atoms with van der Waals surface area (Å²) in [6.07, 6.45) is 5.30. The number of nitrogens with one attached hydrogen (secondary N) is 1. The summed E-state index contributed by atoms with van der Waals surface area (Å²) in [5.74, 6) is -4.18. The predicted octanol–water partition coefficient (Wildman–Crippen LogP) is 6.67. The summed E-state index contributed by atoms with van der Waals surface area (Å²) in [6, 6.07) is 18.0. The number of aryl methyl sites for hydroxylation is 1. The maximum atomic E-state index is 13.8. The van der Waals surface area contributed by atoms with Crippen molar-refractivity contribution < 1.29 is 22.7 Å². The molecule has 5 rings (SSSR count). The monoisotopic (exact) mass is 598 g/mol. The third kappa shape index (κ3) is 6.56. The number of carbonyl (C=O) groups is 1. The standard InChI is InChI=1S/C31H30BrF3N2O2/c32-26-6-2-1-5-22(26)19-37(23-11-12-23)31(38)25-18-36-16-15-24(25)21-9-7-20(8-10-21)4-3-17-39-30-28(34)14-13-27(33)29(30)35/h1-2,5-10,13-15,23,25,36H,3-4,11-12,16-19H2. The molecule has 1 fully saturated rings. The highest BCUT2D eigenvalue weighted by atomic mass is 79.9. The van der Waals surface area contributed by atoms with E-state index in [4.69, 9.17) is 4.74 Å². The van der Waals surface area contributed by atoms with Gasteiger partial charge in [0.2, 0.25) is 11.7 Å². The van der Waals surface area contributed by atoms with Crippen LogP contribution in [0, 0.1) is 23.4 Å². The molecule has 1 aliphatic carbocycles. The Bertz CT molecular complexity index is 1360. The first kappa shape index (κ1) is 27.5. The van der Waals surface area contributed by atoms with E-state index in [-0.39, 0.29) is 24.5 Å². The van der Waals surface area contributed by atoms with E-state index in [1.54, 1.807) is 0 Å². The van der Waals surface area contributed by atoms with Crippen LogP contribution in [0.3, 0.4) is 0 Å². The molecule has 1 aliphatic heterocycles. The van der Waals surface area contributed by atoms with Crippen LogP contribution in [-0.2, 0) is 17.8 Å². The van der Waals surface area contributed by atoms with E-state index in [2.05, 4.69) is 33.4 Å². The second-order valence-electron chi connectivity index (χ2n) is 9.98. The van der Waals surface area contributed by atoms with Crippen LogP contribution >= 0.6 is 15.9 Å². The Kier molecular flexibility index (Phi) is 8.72. The molecule has 3 aromatic rings. The van der Waals surface area contributed by atoms with E-state index in [0.29, 0.717) is 32.5 Å². The molecule has 204 valence electrons. The zero-order valence-electron chi connectivity index (χ0n) is 21.4. The van der Waals surface area contributed by atoms with Gasteiger partial charge in [-0.1, -0.05) is 64.5 Å². The van der Waals surface area contributed by atoms with E-state index in [1.165, 1.54) is 0 Å². The van der Waals surface area contributed by atoms with E-state index < -0.39 is 23.2 Å². The minimum Gasteiger partial charge on any atom is -0.488 e. The Morgan fingerprint density at radius 3 is 2.49 bits per heavy atom. The van der Waals surface area contributed by atoms with Gasteiger partial charge in [-0.25, -0.2) is 8.78 Å². The highest BCUT2D eigenvalue weighted by Gasteiger charge is 2.38. The first-order valence-electron chi connectivity index (χ1n) is 13.2. The minimum atomic E-state index is -1.31. The lowest BCUT2D eigenvalue weighted by Crippen LogP contribution is -2.43. The van der Waals surface area contributed by atoms with Gasteiger partial charge in [0.15, 0.2) is 17.4 Å². The lowest BCUT2D eigenvalue weighted by Gasteiger charge is -2.31. The van der Waals surface area contributed by atoms with Crippen LogP contribution in [0.1, 0.15) is 36.0 Å². The average Bonchev–Trinajstić information content (AvgIpc) is 3.80. The van der Waals surface area contributed by atoms with Gasteiger partial charge in [0.25, 0.3) is 0 Å². The van der Waals surface area contributed by atoms with Crippen LogP contribution in [0.15, 0.2) is 71.2 Å². The summed E-state index contributed by atoms with van der Waals surface area (Å²) < 4.78 is 47.0. The van der Waals surface area contributed by atoms with Crippen molar-refractivity contribution in [3.63, 3.8) is 0 Å². The topological polar surface area (TPSA) is 41.6 Å². The van der Waals surface area contributed by atoms with E-state index >= 15 is 0 Å². The summed E-state index contributed by atoms with van der Waals surface area (Å²) in [7, 11) is 0. The van der Waals surface area contributed by atoms with Gasteiger partial charge in [-0.3, -0.25) is 4.79 Å². The third-order valence-electron chi connectivity index (χ3n) is 7.20. The molecule has 0 aromatic heterocycles. The molecule has 1 unspecified atom stereocenters. The molecule has 0 radical (unpaired) electrons. The normalized spacial score (nSPS) is 17.0. The number of nitrogens with zero attached hydrogens (tertiary/aromatic N) is 1. The van der Waals surface area contributed by atoms with E-state index in [9.17, 15) is 18.0 Å². The van der Waals surface area contributed by atoms with Crippen molar-refractivity contribution in [1.82, 2.24) is 10.2 Å². The highest BCUT2D eigenvalue weighted by Crippen LogP contribution is 2.35. The van der Waals surface area contributed by atoms with Crippen molar-refractivity contribution in [2.24, 2.45) is 5.92 Å².